The van der Waals surface area contributed by atoms with E-state index in [1.165, 1.54) is 0 Å². The third-order valence-electron chi connectivity index (χ3n) is 2.33. The molecule has 0 aromatic heterocycles. The van der Waals surface area contributed by atoms with Crippen LogP contribution in [0, 0.1) is 6.92 Å². The summed E-state index contributed by atoms with van der Waals surface area (Å²) in [4.78, 5) is 0. The maximum absolute atomic E-state index is 5.89. The second kappa shape index (κ2) is 4.57. The number of hydrogen-bond donors (Lipinski definition) is 1. The number of anilines is 1. The first-order chi connectivity index (χ1) is 7.77. The van der Waals surface area contributed by atoms with Gasteiger partial charge in [0.25, 0.3) is 0 Å². The maximum atomic E-state index is 5.89. The van der Waals surface area contributed by atoms with Crippen LogP contribution in [0.5, 0.6) is 0 Å². The Bertz CT molecular complexity index is 504. The van der Waals surface area contributed by atoms with Crippen molar-refractivity contribution in [2.75, 3.05) is 5.73 Å². The minimum absolute atomic E-state index is 0.683. The molecule has 80 valence electrons. The molecule has 0 fully saturated rings. The van der Waals surface area contributed by atoms with Crippen molar-refractivity contribution in [1.29, 1.82) is 0 Å². The van der Waals surface area contributed by atoms with Gasteiger partial charge in [0, 0.05) is 0 Å². The summed E-state index contributed by atoms with van der Waals surface area (Å²) in [5.74, 6) is 0. The first-order valence-corrected chi connectivity index (χ1v) is 5.09. The van der Waals surface area contributed by atoms with Crippen LogP contribution in [0.3, 0.4) is 0 Å². The Morgan fingerprint density at radius 3 is 2.38 bits per heavy atom. The van der Waals surface area contributed by atoms with Gasteiger partial charge in [-0.25, -0.2) is 0 Å². The summed E-state index contributed by atoms with van der Waals surface area (Å²) >= 11 is 0. The molecule has 0 unspecified atom stereocenters. The van der Waals surface area contributed by atoms with Crippen LogP contribution in [0.15, 0.2) is 58.8 Å². The first-order valence-electron chi connectivity index (χ1n) is 5.09. The second-order valence-electron chi connectivity index (χ2n) is 3.54. The number of hydrogen-bond acceptors (Lipinski definition) is 3. The van der Waals surface area contributed by atoms with E-state index in [1.54, 1.807) is 0 Å². The summed E-state index contributed by atoms with van der Waals surface area (Å²) in [6.07, 6.45) is 0. The normalized spacial score (nSPS) is 10.8. The summed E-state index contributed by atoms with van der Waals surface area (Å²) in [6.45, 7) is 1.96. The van der Waals surface area contributed by atoms with E-state index in [4.69, 9.17) is 5.73 Å². The predicted molar refractivity (Wildman–Crippen MR) is 66.2 cm³/mol. The fourth-order valence-corrected chi connectivity index (χ4v) is 1.36. The highest BCUT2D eigenvalue weighted by Crippen LogP contribution is 2.26. The van der Waals surface area contributed by atoms with Crippen molar-refractivity contribution in [3.05, 3.63) is 54.1 Å². The van der Waals surface area contributed by atoms with Crippen molar-refractivity contribution in [2.24, 2.45) is 10.2 Å². The highest BCUT2D eigenvalue weighted by Gasteiger charge is 1.99. The molecule has 2 N–H and O–H groups in total. The van der Waals surface area contributed by atoms with Crippen LogP contribution in [0.4, 0.5) is 17.1 Å². The molecule has 2 rings (SSSR count). The van der Waals surface area contributed by atoms with Gasteiger partial charge < -0.3 is 5.73 Å². The zero-order valence-corrected chi connectivity index (χ0v) is 9.09. The van der Waals surface area contributed by atoms with Crippen LogP contribution >= 0.6 is 0 Å². The topological polar surface area (TPSA) is 50.7 Å². The summed E-state index contributed by atoms with van der Waals surface area (Å²) in [5.41, 5.74) is 9.13. The Hall–Kier alpha value is -2.16. The van der Waals surface area contributed by atoms with Crippen molar-refractivity contribution in [3.63, 3.8) is 0 Å². The molecular weight excluding hydrogens is 198 g/mol. The molecule has 0 spiro atoms. The van der Waals surface area contributed by atoms with Gasteiger partial charge in [0.2, 0.25) is 0 Å². The van der Waals surface area contributed by atoms with Crippen LogP contribution in [0.2, 0.25) is 0 Å². The van der Waals surface area contributed by atoms with Crippen LogP contribution in [-0.4, -0.2) is 0 Å². The van der Waals surface area contributed by atoms with Crippen LogP contribution in [0.25, 0.3) is 0 Å². The minimum atomic E-state index is 0.683. The molecule has 3 heteroatoms. The van der Waals surface area contributed by atoms with Crippen molar-refractivity contribution in [1.82, 2.24) is 0 Å². The van der Waals surface area contributed by atoms with Gasteiger partial charge in [0.15, 0.2) is 0 Å². The third-order valence-corrected chi connectivity index (χ3v) is 2.33. The van der Waals surface area contributed by atoms with E-state index in [0.717, 1.165) is 11.3 Å². The quantitative estimate of drug-likeness (QED) is 0.592. The monoisotopic (exact) mass is 211 g/mol. The molecular formula is C13H13N3. The van der Waals surface area contributed by atoms with Gasteiger partial charge in [0.05, 0.1) is 11.4 Å². The predicted octanol–water partition coefficient (Wildman–Crippen LogP) is 3.99. The van der Waals surface area contributed by atoms with Crippen molar-refractivity contribution in [2.45, 2.75) is 6.92 Å². The Balaban J connectivity index is 2.28. The Labute approximate surface area is 94.6 Å². The molecule has 0 heterocycles. The van der Waals surface area contributed by atoms with Gasteiger partial charge in [-0.05, 0) is 30.7 Å². The summed E-state index contributed by atoms with van der Waals surface area (Å²) in [7, 11) is 0. The highest BCUT2D eigenvalue weighted by atomic mass is 15.1. The highest BCUT2D eigenvalue weighted by molar-refractivity contribution is 5.66. The van der Waals surface area contributed by atoms with Gasteiger partial charge in [-0.1, -0.05) is 30.3 Å². The molecule has 2 aromatic carbocycles. The van der Waals surface area contributed by atoms with E-state index in [9.17, 15) is 0 Å². The minimum Gasteiger partial charge on any atom is -0.397 e. The Morgan fingerprint density at radius 1 is 0.875 bits per heavy atom. The zero-order valence-electron chi connectivity index (χ0n) is 9.09. The average Bonchev–Trinajstić information content (AvgIpc) is 2.32. The molecule has 0 aliphatic carbocycles. The lowest BCUT2D eigenvalue weighted by Crippen LogP contribution is -1.88. The fraction of sp³-hybridized carbons (Fsp3) is 0.0769. The SMILES string of the molecule is Cc1cccc(N=Nc2ccccc2)c1N. The summed E-state index contributed by atoms with van der Waals surface area (Å²) < 4.78 is 0. The molecule has 0 saturated carbocycles. The standard InChI is InChI=1S/C13H13N3/c1-10-6-5-9-12(13(10)14)16-15-11-7-3-2-4-8-11/h2-9H,14H2,1H3. The van der Waals surface area contributed by atoms with Gasteiger partial charge in [-0.2, -0.15) is 5.11 Å². The van der Waals surface area contributed by atoms with Crippen molar-refractivity contribution in [3.8, 4) is 0 Å². The zero-order chi connectivity index (χ0) is 11.4. The third kappa shape index (κ3) is 2.25. The number of benzene rings is 2. The Kier molecular flexibility index (Phi) is 2.96. The van der Waals surface area contributed by atoms with Crippen LogP contribution in [0.1, 0.15) is 5.56 Å². The molecule has 2 aromatic rings. The van der Waals surface area contributed by atoms with E-state index in [0.29, 0.717) is 11.4 Å². The van der Waals surface area contributed by atoms with Gasteiger partial charge in [0.1, 0.15) is 5.69 Å². The van der Waals surface area contributed by atoms with Gasteiger partial charge >= 0.3 is 0 Å². The number of azo groups is 1. The average molecular weight is 211 g/mol. The maximum Gasteiger partial charge on any atom is 0.109 e. The fourth-order valence-electron chi connectivity index (χ4n) is 1.36. The van der Waals surface area contributed by atoms with Gasteiger partial charge in [-0.15, -0.1) is 5.11 Å². The van der Waals surface area contributed by atoms with Gasteiger partial charge in [-0.3, -0.25) is 0 Å². The van der Waals surface area contributed by atoms with Crippen LogP contribution in [-0.2, 0) is 0 Å². The molecule has 3 nitrogen and oxygen atoms in total. The number of nitrogen functional groups attached to an aromatic ring is 1. The molecule has 0 aliphatic rings. The lowest BCUT2D eigenvalue weighted by molar-refractivity contribution is 1.23. The number of para-hydroxylation sites is 1. The number of aryl methyl sites for hydroxylation is 1. The Morgan fingerprint density at radius 2 is 1.62 bits per heavy atom. The molecule has 0 amide bonds. The first kappa shape index (κ1) is 10.4. The molecule has 16 heavy (non-hydrogen) atoms. The molecule has 0 atom stereocenters. The lowest BCUT2D eigenvalue weighted by atomic mass is 10.2. The smallest absolute Gasteiger partial charge is 0.109 e. The molecule has 0 aliphatic heterocycles. The van der Waals surface area contributed by atoms with E-state index < -0.39 is 0 Å². The molecule has 0 radical (unpaired) electrons. The molecule has 0 saturated heterocycles. The number of nitrogens with two attached hydrogens (primary N) is 1. The largest absolute Gasteiger partial charge is 0.397 e. The van der Waals surface area contributed by atoms with E-state index in [-0.39, 0.29) is 0 Å². The van der Waals surface area contributed by atoms with E-state index in [1.807, 2.05) is 55.5 Å². The molecule has 0 bridgehead atoms. The summed E-state index contributed by atoms with van der Waals surface area (Å²) in [5, 5.41) is 8.26. The number of nitrogens with zero attached hydrogens (tertiary/aromatic N) is 2. The lowest BCUT2D eigenvalue weighted by Gasteiger charge is -2.01. The van der Waals surface area contributed by atoms with Crippen molar-refractivity contribution < 1.29 is 0 Å². The summed E-state index contributed by atoms with van der Waals surface area (Å²) in [6, 6.07) is 15.3. The van der Waals surface area contributed by atoms with E-state index >= 15 is 0 Å². The second-order valence-corrected chi connectivity index (χ2v) is 3.54. The van der Waals surface area contributed by atoms with Crippen LogP contribution < -0.4 is 5.73 Å². The van der Waals surface area contributed by atoms with E-state index in [2.05, 4.69) is 10.2 Å². The van der Waals surface area contributed by atoms with Crippen molar-refractivity contribution >= 4 is 17.1 Å². The number of rotatable bonds is 2.